The number of allylic oxidation sites excluding steroid dienone is 4. The maximum Gasteiger partial charge on any atom is -0.0225 e. The zero-order valence-corrected chi connectivity index (χ0v) is 15.3. The fourth-order valence-electron chi connectivity index (χ4n) is 2.30. The highest BCUT2D eigenvalue weighted by Gasteiger charge is 1.93. The van der Waals surface area contributed by atoms with Gasteiger partial charge >= 0.3 is 0 Å². The molecule has 0 nitrogen and oxygen atoms in total. The Morgan fingerprint density at radius 2 is 1.07 bits per heavy atom. The molecule has 148 valence electrons. The Hall–Kier alpha value is -2.60. The van der Waals surface area contributed by atoms with Gasteiger partial charge in [0.1, 0.15) is 0 Å². The van der Waals surface area contributed by atoms with Crippen molar-refractivity contribution >= 4 is 12.2 Å². The summed E-state index contributed by atoms with van der Waals surface area (Å²) in [6.45, 7) is 15.7. The lowest BCUT2D eigenvalue weighted by Gasteiger charge is -2.00. The summed E-state index contributed by atoms with van der Waals surface area (Å²) in [5, 5.41) is 0. The minimum atomic E-state index is 0. The Bertz CT molecular complexity index is 743. The number of benzene rings is 2. The molecule has 27 heavy (non-hydrogen) atoms. The molecule has 0 heterocycles. The van der Waals surface area contributed by atoms with Crippen molar-refractivity contribution in [3.05, 3.63) is 107 Å². The van der Waals surface area contributed by atoms with Gasteiger partial charge in [-0.2, -0.15) is 0 Å². The second-order valence-corrected chi connectivity index (χ2v) is 5.91. The van der Waals surface area contributed by atoms with Crippen LogP contribution in [0.4, 0.5) is 0 Å². The van der Waals surface area contributed by atoms with E-state index in [1.165, 1.54) is 33.4 Å². The predicted octanol–water partition coefficient (Wildman–Crippen LogP) is 8.91. The van der Waals surface area contributed by atoms with Crippen molar-refractivity contribution in [2.75, 3.05) is 0 Å². The molecule has 2 aromatic carbocycles. The molecule has 0 heteroatoms. The molecule has 0 amide bonds. The maximum absolute atomic E-state index is 3.64. The summed E-state index contributed by atoms with van der Waals surface area (Å²) in [5.41, 5.74) is 7.76. The van der Waals surface area contributed by atoms with Gasteiger partial charge in [0.05, 0.1) is 0 Å². The van der Waals surface area contributed by atoms with Crippen LogP contribution in [0.1, 0.15) is 55.7 Å². The average molecular weight is 365 g/mol. The summed E-state index contributed by atoms with van der Waals surface area (Å²) in [6.07, 6.45) is 11.7. The third-order valence-corrected chi connectivity index (χ3v) is 3.68. The van der Waals surface area contributed by atoms with Crippen LogP contribution < -0.4 is 0 Å². The zero-order valence-electron chi connectivity index (χ0n) is 15.3. The van der Waals surface area contributed by atoms with Gasteiger partial charge in [0.2, 0.25) is 0 Å². The van der Waals surface area contributed by atoms with Gasteiger partial charge in [0.15, 0.2) is 0 Å². The molecule has 0 fully saturated rings. The molecule has 2 aromatic rings. The lowest BCUT2D eigenvalue weighted by atomic mass is 10.1. The van der Waals surface area contributed by atoms with E-state index in [1.807, 2.05) is 12.2 Å². The molecule has 0 saturated heterocycles. The van der Waals surface area contributed by atoms with Crippen LogP contribution in [0.25, 0.3) is 12.2 Å². The van der Waals surface area contributed by atoms with Crippen molar-refractivity contribution in [1.29, 1.82) is 0 Å². The van der Waals surface area contributed by atoms with Crippen molar-refractivity contribution in [1.82, 2.24) is 0 Å². The minimum Gasteiger partial charge on any atom is -0.0991 e. The normalized spacial score (nSPS) is 9.33. The van der Waals surface area contributed by atoms with Crippen molar-refractivity contribution in [3.8, 4) is 0 Å². The molecule has 2 rings (SSSR count). The summed E-state index contributed by atoms with van der Waals surface area (Å²) in [7, 11) is 0. The van der Waals surface area contributed by atoms with Crippen LogP contribution in [0.15, 0.2) is 73.9 Å². The first-order valence-corrected chi connectivity index (χ1v) is 8.20. The average Bonchev–Trinajstić information content (AvgIpc) is 2.55. The molecular weight excluding hydrogens is 324 g/mol. The Kier molecular flexibility index (Phi) is 16.9. The van der Waals surface area contributed by atoms with Gasteiger partial charge in [0.25, 0.3) is 0 Å². The highest BCUT2D eigenvalue weighted by atomic mass is 14.0. The predicted molar refractivity (Wildman–Crippen MR) is 130 cm³/mol. The van der Waals surface area contributed by atoms with Crippen LogP contribution >= 0.6 is 0 Å². The highest BCUT2D eigenvalue weighted by molar-refractivity contribution is 5.56. The van der Waals surface area contributed by atoms with E-state index in [2.05, 4.69) is 89.4 Å². The van der Waals surface area contributed by atoms with E-state index in [1.54, 1.807) is 12.2 Å². The number of rotatable bonds is 4. The van der Waals surface area contributed by atoms with E-state index in [9.17, 15) is 0 Å². The number of aryl methyl sites for hydroxylation is 4. The van der Waals surface area contributed by atoms with Crippen LogP contribution in [0.3, 0.4) is 0 Å². The van der Waals surface area contributed by atoms with Crippen LogP contribution in [0, 0.1) is 27.7 Å². The molecule has 0 bridgehead atoms. The first kappa shape index (κ1) is 29.2. The molecule has 0 aliphatic heterocycles. The molecule has 0 radical (unpaired) electrons. The number of hydrogen-bond donors (Lipinski definition) is 0. The summed E-state index contributed by atoms with van der Waals surface area (Å²) in [4.78, 5) is 0. The van der Waals surface area contributed by atoms with E-state index in [0.717, 1.165) is 0 Å². The third kappa shape index (κ3) is 10.9. The van der Waals surface area contributed by atoms with E-state index >= 15 is 0 Å². The fraction of sp³-hybridized carbons (Fsp3) is 0.259. The van der Waals surface area contributed by atoms with Gasteiger partial charge < -0.3 is 0 Å². The Balaban J connectivity index is -0.000000384. The van der Waals surface area contributed by atoms with Gasteiger partial charge in [0, 0.05) is 0 Å². The lowest BCUT2D eigenvalue weighted by molar-refractivity contribution is 1.37. The molecule has 0 saturated carbocycles. The Morgan fingerprint density at radius 3 is 1.59 bits per heavy atom. The van der Waals surface area contributed by atoms with Gasteiger partial charge in [-0.25, -0.2) is 0 Å². The minimum absolute atomic E-state index is 0. The second kappa shape index (κ2) is 15.6. The quantitative estimate of drug-likeness (QED) is 0.475. The van der Waals surface area contributed by atoms with Gasteiger partial charge in [-0.1, -0.05) is 119 Å². The van der Waals surface area contributed by atoms with Crippen molar-refractivity contribution in [2.24, 2.45) is 0 Å². The molecular formula is C27H40. The summed E-state index contributed by atoms with van der Waals surface area (Å²) >= 11 is 0. The summed E-state index contributed by atoms with van der Waals surface area (Å²) in [5.74, 6) is 0. The fourth-order valence-corrected chi connectivity index (χ4v) is 2.30. The van der Waals surface area contributed by atoms with E-state index in [4.69, 9.17) is 0 Å². The molecule has 0 aliphatic carbocycles. The molecule has 0 aromatic heterocycles. The van der Waals surface area contributed by atoms with E-state index in [-0.39, 0.29) is 22.3 Å². The maximum atomic E-state index is 3.64. The third-order valence-electron chi connectivity index (χ3n) is 3.68. The lowest BCUT2D eigenvalue weighted by Crippen LogP contribution is -1.81. The van der Waals surface area contributed by atoms with Gasteiger partial charge in [-0.05, 0) is 49.9 Å². The zero-order chi connectivity index (χ0) is 17.9. The van der Waals surface area contributed by atoms with E-state index < -0.39 is 0 Å². The van der Waals surface area contributed by atoms with Crippen LogP contribution in [-0.4, -0.2) is 0 Å². The standard InChI is InChI=1S/2C12H14.3CH4/c1-4-5-6-12-8-7-10(2)9-11(12)3;1-4-5-6-12-9-10(2)7-8-11(12)3;;;/h2*4-9H,1H2,2-3H3;3*1H4/b2*6-5-;;;. The second-order valence-electron chi connectivity index (χ2n) is 5.91. The Morgan fingerprint density at radius 1 is 0.593 bits per heavy atom. The monoisotopic (exact) mass is 364 g/mol. The Labute approximate surface area is 169 Å². The molecule has 0 N–H and O–H groups in total. The van der Waals surface area contributed by atoms with Crippen molar-refractivity contribution < 1.29 is 0 Å². The molecule has 0 aliphatic rings. The SMILES string of the molecule is C.C.C.C=C/C=C\c1cc(C)ccc1C.C=C/C=C\c1ccc(C)cc1C. The first-order chi connectivity index (χ1) is 11.5. The van der Waals surface area contributed by atoms with Crippen molar-refractivity contribution in [3.63, 3.8) is 0 Å². The number of hydrogen-bond acceptors (Lipinski definition) is 0. The molecule has 0 spiro atoms. The van der Waals surface area contributed by atoms with E-state index in [0.29, 0.717) is 0 Å². The van der Waals surface area contributed by atoms with Crippen LogP contribution in [-0.2, 0) is 0 Å². The van der Waals surface area contributed by atoms with Gasteiger partial charge in [-0.15, -0.1) is 0 Å². The van der Waals surface area contributed by atoms with Crippen molar-refractivity contribution in [2.45, 2.75) is 50.0 Å². The van der Waals surface area contributed by atoms with Crippen LogP contribution in [0.5, 0.6) is 0 Å². The largest absolute Gasteiger partial charge is 0.0991 e. The molecule has 0 atom stereocenters. The topological polar surface area (TPSA) is 0 Å². The smallest absolute Gasteiger partial charge is 0.0225 e. The highest BCUT2D eigenvalue weighted by Crippen LogP contribution is 2.12. The first-order valence-electron chi connectivity index (χ1n) is 8.20. The molecule has 0 unspecified atom stereocenters. The summed E-state index contributed by atoms with van der Waals surface area (Å²) < 4.78 is 0. The van der Waals surface area contributed by atoms with Gasteiger partial charge in [-0.3, -0.25) is 0 Å². The van der Waals surface area contributed by atoms with Crippen LogP contribution in [0.2, 0.25) is 0 Å². The summed E-state index contributed by atoms with van der Waals surface area (Å²) in [6, 6.07) is 12.9.